The number of anilines is 1. The molecule has 3 aromatic rings. The number of amides is 2. The molecule has 8 nitrogen and oxygen atoms in total. The summed E-state index contributed by atoms with van der Waals surface area (Å²) in [6.07, 6.45) is 0.990. The molecule has 2 aromatic carbocycles. The zero-order chi connectivity index (χ0) is 25.0. The van der Waals surface area contributed by atoms with E-state index >= 15 is 0 Å². The summed E-state index contributed by atoms with van der Waals surface area (Å²) in [7, 11) is 1.89. The van der Waals surface area contributed by atoms with E-state index in [0.717, 1.165) is 26.9 Å². The van der Waals surface area contributed by atoms with Gasteiger partial charge >= 0.3 is 6.09 Å². The Morgan fingerprint density at radius 2 is 1.85 bits per heavy atom. The molecule has 178 valence electrons. The molecule has 0 unspecified atom stereocenters. The van der Waals surface area contributed by atoms with Crippen LogP contribution in [0.5, 0.6) is 0 Å². The average molecular weight is 464 g/mol. The Labute approximate surface area is 198 Å². The molecular weight excluding hydrogens is 434 g/mol. The van der Waals surface area contributed by atoms with E-state index in [4.69, 9.17) is 4.74 Å². The number of para-hydroxylation sites is 1. The molecule has 8 heteroatoms. The summed E-state index contributed by atoms with van der Waals surface area (Å²) >= 11 is 0. The fraction of sp³-hybridized carbons (Fsp3) is 0.385. The number of aromatic nitrogens is 1. The van der Waals surface area contributed by atoms with Crippen molar-refractivity contribution in [2.75, 3.05) is 11.4 Å². The summed E-state index contributed by atoms with van der Waals surface area (Å²) in [5.74, 6) is -0.529. The van der Waals surface area contributed by atoms with Crippen LogP contribution in [0.4, 0.5) is 10.5 Å². The van der Waals surface area contributed by atoms with Gasteiger partial charge in [-0.3, -0.25) is 14.9 Å². The molecular formula is C26H29N3O5. The lowest BCUT2D eigenvalue weighted by Gasteiger charge is -2.28. The second kappa shape index (κ2) is 7.97. The molecule has 0 spiro atoms. The minimum Gasteiger partial charge on any atom is -0.443 e. The third kappa shape index (κ3) is 3.63. The van der Waals surface area contributed by atoms with Gasteiger partial charge in [-0.05, 0) is 57.4 Å². The van der Waals surface area contributed by atoms with Gasteiger partial charge in [0.25, 0.3) is 5.91 Å². The highest BCUT2D eigenvalue weighted by Crippen LogP contribution is 2.51. The predicted octanol–water partition coefficient (Wildman–Crippen LogP) is 5.03. The Morgan fingerprint density at radius 1 is 1.15 bits per heavy atom. The number of carbonyl (C=O) groups excluding carboxylic acids is 2. The third-order valence-corrected chi connectivity index (χ3v) is 6.33. The molecule has 1 aliphatic rings. The SMILES string of the molecule is Cc1ccc2c(c1)[C@](CC[N+](=O)[O-])(c1cn(C)c3c(C)cccc13)C(=O)N2C(=O)OC(C)(C)C. The van der Waals surface area contributed by atoms with Gasteiger partial charge in [0.1, 0.15) is 11.0 Å². The number of nitro groups is 1. The molecule has 0 bridgehead atoms. The first-order valence-electron chi connectivity index (χ1n) is 11.2. The van der Waals surface area contributed by atoms with Gasteiger partial charge in [-0.2, -0.15) is 0 Å². The second-order valence-corrected chi connectivity index (χ2v) is 9.98. The zero-order valence-corrected chi connectivity index (χ0v) is 20.3. The smallest absolute Gasteiger partial charge is 0.421 e. The Hall–Kier alpha value is -3.68. The summed E-state index contributed by atoms with van der Waals surface area (Å²) in [4.78, 5) is 39.7. The first kappa shape index (κ1) is 23.5. The van der Waals surface area contributed by atoms with Crippen LogP contribution >= 0.6 is 0 Å². The molecule has 0 N–H and O–H groups in total. The van der Waals surface area contributed by atoms with E-state index in [0.29, 0.717) is 16.8 Å². The molecule has 0 radical (unpaired) electrons. The van der Waals surface area contributed by atoms with E-state index in [-0.39, 0.29) is 6.42 Å². The molecule has 34 heavy (non-hydrogen) atoms. The minimum absolute atomic E-state index is 0.0817. The lowest BCUT2D eigenvalue weighted by Crippen LogP contribution is -2.46. The van der Waals surface area contributed by atoms with Crippen molar-refractivity contribution < 1.29 is 19.2 Å². The normalized spacial score (nSPS) is 17.8. The van der Waals surface area contributed by atoms with Gasteiger partial charge in [0, 0.05) is 30.0 Å². The lowest BCUT2D eigenvalue weighted by atomic mass is 9.72. The van der Waals surface area contributed by atoms with Crippen LogP contribution in [0.2, 0.25) is 0 Å². The van der Waals surface area contributed by atoms with Crippen LogP contribution in [0.15, 0.2) is 42.6 Å². The molecule has 2 amide bonds. The molecule has 1 atom stereocenters. The molecule has 0 saturated carbocycles. The molecule has 1 aromatic heterocycles. The van der Waals surface area contributed by atoms with Gasteiger partial charge in [0.15, 0.2) is 0 Å². The van der Waals surface area contributed by atoms with Crippen molar-refractivity contribution in [3.05, 3.63) is 75.0 Å². The topological polar surface area (TPSA) is 94.7 Å². The van der Waals surface area contributed by atoms with E-state index in [1.54, 1.807) is 26.8 Å². The number of rotatable bonds is 4. The van der Waals surface area contributed by atoms with E-state index < -0.39 is 34.5 Å². The summed E-state index contributed by atoms with van der Waals surface area (Å²) in [6.45, 7) is 8.65. The quantitative estimate of drug-likeness (QED) is 0.399. The van der Waals surface area contributed by atoms with Gasteiger partial charge in [-0.1, -0.05) is 35.9 Å². The van der Waals surface area contributed by atoms with Crippen LogP contribution < -0.4 is 4.90 Å². The Kier molecular flexibility index (Phi) is 5.50. The van der Waals surface area contributed by atoms with Gasteiger partial charge in [0.05, 0.1) is 11.2 Å². The van der Waals surface area contributed by atoms with Gasteiger partial charge < -0.3 is 9.30 Å². The van der Waals surface area contributed by atoms with Crippen molar-refractivity contribution in [2.45, 2.75) is 52.1 Å². The molecule has 0 saturated heterocycles. The molecule has 2 heterocycles. The van der Waals surface area contributed by atoms with E-state index in [1.807, 2.05) is 62.0 Å². The average Bonchev–Trinajstić information content (AvgIpc) is 3.18. The second-order valence-electron chi connectivity index (χ2n) is 9.98. The van der Waals surface area contributed by atoms with Crippen LogP contribution in [0.3, 0.4) is 0 Å². The number of aryl methyl sites for hydroxylation is 3. The first-order valence-corrected chi connectivity index (χ1v) is 11.2. The van der Waals surface area contributed by atoms with Crippen LogP contribution in [0.25, 0.3) is 10.9 Å². The first-order chi connectivity index (χ1) is 15.9. The standard InChI is InChI=1S/C26H29N3O5/c1-16-10-11-21-19(14-16)26(12-13-28(32)33,23(30)29(21)24(31)34-25(3,4)5)20-15-27(6)22-17(2)8-7-9-18(20)22/h7-11,14-15H,12-13H2,1-6H3/t26-/m1/s1. The van der Waals surface area contributed by atoms with Crippen molar-refractivity contribution in [3.63, 3.8) is 0 Å². The van der Waals surface area contributed by atoms with Crippen LogP contribution in [0, 0.1) is 24.0 Å². The van der Waals surface area contributed by atoms with Crippen molar-refractivity contribution in [3.8, 4) is 0 Å². The number of imide groups is 1. The van der Waals surface area contributed by atoms with Crippen LogP contribution in [0.1, 0.15) is 49.4 Å². The van der Waals surface area contributed by atoms with Gasteiger partial charge in [-0.25, -0.2) is 9.69 Å². The number of nitrogens with zero attached hydrogens (tertiary/aromatic N) is 3. The van der Waals surface area contributed by atoms with E-state index in [1.165, 1.54) is 0 Å². The largest absolute Gasteiger partial charge is 0.443 e. The summed E-state index contributed by atoms with van der Waals surface area (Å²) < 4.78 is 7.51. The number of hydrogen-bond donors (Lipinski definition) is 0. The maximum atomic E-state index is 14.3. The Balaban J connectivity index is 2.04. The lowest BCUT2D eigenvalue weighted by molar-refractivity contribution is -0.481. The molecule has 1 aliphatic heterocycles. The van der Waals surface area contributed by atoms with Gasteiger partial charge in [0.2, 0.25) is 6.54 Å². The maximum absolute atomic E-state index is 14.3. The van der Waals surface area contributed by atoms with Gasteiger partial charge in [-0.15, -0.1) is 0 Å². The molecule has 0 aliphatic carbocycles. The highest BCUT2D eigenvalue weighted by molar-refractivity contribution is 6.23. The Morgan fingerprint density at radius 3 is 2.50 bits per heavy atom. The third-order valence-electron chi connectivity index (χ3n) is 6.33. The van der Waals surface area contributed by atoms with E-state index in [2.05, 4.69) is 0 Å². The van der Waals surface area contributed by atoms with Crippen LogP contribution in [-0.4, -0.2) is 33.6 Å². The summed E-state index contributed by atoms with van der Waals surface area (Å²) in [5.41, 5.74) is 2.27. The van der Waals surface area contributed by atoms with Crippen molar-refractivity contribution in [1.82, 2.24) is 4.57 Å². The minimum atomic E-state index is -1.40. The van der Waals surface area contributed by atoms with E-state index in [9.17, 15) is 19.7 Å². The molecule has 0 fully saturated rings. The number of fused-ring (bicyclic) bond motifs is 2. The highest BCUT2D eigenvalue weighted by Gasteiger charge is 2.56. The van der Waals surface area contributed by atoms with Crippen molar-refractivity contribution >= 4 is 28.6 Å². The fourth-order valence-electron chi connectivity index (χ4n) is 5.00. The molecule has 4 rings (SSSR count). The highest BCUT2D eigenvalue weighted by atomic mass is 16.6. The van der Waals surface area contributed by atoms with Crippen LogP contribution in [-0.2, 0) is 22.0 Å². The maximum Gasteiger partial charge on any atom is 0.421 e. The number of ether oxygens (including phenoxy) is 1. The number of benzene rings is 2. The Bertz CT molecular complexity index is 1330. The fourth-order valence-corrected chi connectivity index (χ4v) is 5.00. The summed E-state index contributed by atoms with van der Waals surface area (Å²) in [5, 5.41) is 12.4. The predicted molar refractivity (Wildman–Crippen MR) is 130 cm³/mol. The zero-order valence-electron chi connectivity index (χ0n) is 20.3. The monoisotopic (exact) mass is 463 g/mol. The van der Waals surface area contributed by atoms with Crippen molar-refractivity contribution in [1.29, 1.82) is 0 Å². The number of hydrogen-bond acceptors (Lipinski definition) is 5. The van der Waals surface area contributed by atoms with Crippen molar-refractivity contribution in [2.24, 2.45) is 7.05 Å². The number of carbonyl (C=O) groups is 2. The summed E-state index contributed by atoms with van der Waals surface area (Å²) in [6, 6.07) is 11.2.